The summed E-state index contributed by atoms with van der Waals surface area (Å²) in [5.41, 5.74) is 3.77. The van der Waals surface area contributed by atoms with Crippen molar-refractivity contribution < 1.29 is 9.18 Å². The molecule has 4 rings (SSSR count). The van der Waals surface area contributed by atoms with Gasteiger partial charge in [-0.25, -0.2) is 9.37 Å². The zero-order chi connectivity index (χ0) is 20.2. The van der Waals surface area contributed by atoms with Crippen molar-refractivity contribution in [3.63, 3.8) is 0 Å². The number of nitrogens with zero attached hydrogens (tertiary/aromatic N) is 2. The van der Waals surface area contributed by atoms with Gasteiger partial charge in [-0.05, 0) is 36.2 Å². The number of hydrogen-bond donors (Lipinski definition) is 2. The molecule has 0 radical (unpaired) electrons. The minimum Gasteiger partial charge on any atom is -0.358 e. The first kappa shape index (κ1) is 18.9. The maximum Gasteiger partial charge on any atom is 0.224 e. The highest BCUT2D eigenvalue weighted by Gasteiger charge is 2.13. The first-order valence-electron chi connectivity index (χ1n) is 9.67. The van der Waals surface area contributed by atoms with Gasteiger partial charge in [-0.3, -0.25) is 4.79 Å². The van der Waals surface area contributed by atoms with E-state index >= 15 is 0 Å². The van der Waals surface area contributed by atoms with Crippen LogP contribution in [0.5, 0.6) is 0 Å². The largest absolute Gasteiger partial charge is 0.358 e. The molecule has 1 amide bonds. The number of fused-ring (bicyclic) bond motifs is 1. The molecule has 2 aromatic carbocycles. The summed E-state index contributed by atoms with van der Waals surface area (Å²) >= 11 is 0. The number of halogens is 1. The Bertz CT molecular complexity index is 1130. The van der Waals surface area contributed by atoms with Crippen molar-refractivity contribution >= 4 is 16.8 Å². The number of rotatable bonds is 7. The second-order valence-corrected chi connectivity index (χ2v) is 7.15. The van der Waals surface area contributed by atoms with E-state index in [4.69, 9.17) is 0 Å². The van der Waals surface area contributed by atoms with Crippen molar-refractivity contribution in [1.82, 2.24) is 19.9 Å². The second kappa shape index (κ2) is 8.31. The van der Waals surface area contributed by atoms with E-state index in [9.17, 15) is 9.18 Å². The average molecular weight is 390 g/mol. The van der Waals surface area contributed by atoms with Crippen LogP contribution in [0.1, 0.15) is 22.6 Å². The third-order valence-corrected chi connectivity index (χ3v) is 5.09. The van der Waals surface area contributed by atoms with Crippen LogP contribution in [0.15, 0.2) is 60.9 Å². The molecule has 148 valence electrons. The molecule has 4 aromatic rings. The standard InChI is InChI=1S/C23H23FN4O/c1-16-19(20-13-18(24)7-8-21(20)27-16)14-23(29)26-10-9-22-25-11-12-28(22)15-17-5-3-2-4-6-17/h2-8,11-13,27H,9-10,14-15H2,1H3,(H,26,29). The minimum absolute atomic E-state index is 0.0839. The molecule has 0 fully saturated rings. The van der Waals surface area contributed by atoms with Crippen LogP contribution < -0.4 is 5.32 Å². The number of nitrogens with one attached hydrogen (secondary N) is 2. The monoisotopic (exact) mass is 390 g/mol. The zero-order valence-electron chi connectivity index (χ0n) is 16.3. The van der Waals surface area contributed by atoms with Gasteiger partial charge in [0.15, 0.2) is 0 Å². The summed E-state index contributed by atoms with van der Waals surface area (Å²) in [6.45, 7) is 3.16. The van der Waals surface area contributed by atoms with E-state index in [1.807, 2.05) is 31.3 Å². The predicted molar refractivity (Wildman–Crippen MR) is 111 cm³/mol. The molecule has 2 heterocycles. The summed E-state index contributed by atoms with van der Waals surface area (Å²) in [5, 5.41) is 3.72. The second-order valence-electron chi connectivity index (χ2n) is 7.15. The maximum atomic E-state index is 13.6. The van der Waals surface area contributed by atoms with Gasteiger partial charge >= 0.3 is 0 Å². The van der Waals surface area contributed by atoms with Crippen LogP contribution in [0.3, 0.4) is 0 Å². The lowest BCUT2D eigenvalue weighted by molar-refractivity contribution is -0.120. The van der Waals surface area contributed by atoms with Crippen molar-refractivity contribution in [2.24, 2.45) is 0 Å². The molecule has 0 aliphatic rings. The number of hydrogen-bond acceptors (Lipinski definition) is 2. The Labute approximate surface area is 168 Å². The Kier molecular flexibility index (Phi) is 5.42. The third kappa shape index (κ3) is 4.37. The topological polar surface area (TPSA) is 62.7 Å². The molecule has 0 aliphatic carbocycles. The smallest absolute Gasteiger partial charge is 0.224 e. The van der Waals surface area contributed by atoms with E-state index in [0.29, 0.717) is 13.0 Å². The molecular formula is C23H23FN4O. The number of imidazole rings is 1. The van der Waals surface area contributed by atoms with Gasteiger partial charge in [0.05, 0.1) is 6.42 Å². The summed E-state index contributed by atoms with van der Waals surface area (Å²) in [6.07, 6.45) is 4.60. The van der Waals surface area contributed by atoms with Gasteiger partial charge in [0.2, 0.25) is 5.91 Å². The molecule has 0 unspecified atom stereocenters. The van der Waals surface area contributed by atoms with Crippen molar-refractivity contribution in [2.45, 2.75) is 26.3 Å². The molecule has 29 heavy (non-hydrogen) atoms. The van der Waals surface area contributed by atoms with Gasteiger partial charge in [0.25, 0.3) is 0 Å². The molecule has 0 saturated carbocycles. The zero-order valence-corrected chi connectivity index (χ0v) is 16.3. The van der Waals surface area contributed by atoms with Crippen molar-refractivity contribution in [1.29, 1.82) is 0 Å². The Morgan fingerprint density at radius 3 is 2.86 bits per heavy atom. The van der Waals surface area contributed by atoms with Crippen molar-refractivity contribution in [3.05, 3.63) is 89.4 Å². The van der Waals surface area contributed by atoms with E-state index in [2.05, 4.69) is 32.0 Å². The Morgan fingerprint density at radius 2 is 2.03 bits per heavy atom. The summed E-state index contributed by atoms with van der Waals surface area (Å²) in [4.78, 5) is 20.1. The fourth-order valence-electron chi connectivity index (χ4n) is 3.61. The number of aromatic amines is 1. The van der Waals surface area contributed by atoms with E-state index in [0.717, 1.165) is 34.5 Å². The van der Waals surface area contributed by atoms with Gasteiger partial charge in [-0.1, -0.05) is 30.3 Å². The SMILES string of the molecule is Cc1[nH]c2ccc(F)cc2c1CC(=O)NCCc1nccn1Cc1ccccc1. The highest BCUT2D eigenvalue weighted by Crippen LogP contribution is 2.23. The number of H-pyrrole nitrogens is 1. The lowest BCUT2D eigenvalue weighted by atomic mass is 10.1. The molecule has 0 atom stereocenters. The predicted octanol–water partition coefficient (Wildman–Crippen LogP) is 3.76. The average Bonchev–Trinajstić information content (AvgIpc) is 3.27. The van der Waals surface area contributed by atoms with Gasteiger partial charge in [-0.15, -0.1) is 0 Å². The lowest BCUT2D eigenvalue weighted by Crippen LogP contribution is -2.28. The number of carbonyl (C=O) groups excluding carboxylic acids is 1. The number of aromatic nitrogens is 3. The van der Waals surface area contributed by atoms with Gasteiger partial charge in [0.1, 0.15) is 11.6 Å². The van der Waals surface area contributed by atoms with Crippen LogP contribution in [0.2, 0.25) is 0 Å². The molecule has 0 aliphatic heterocycles. The van der Waals surface area contributed by atoms with E-state index in [1.54, 1.807) is 12.3 Å². The number of aryl methyl sites for hydroxylation is 1. The fraction of sp³-hybridized carbons (Fsp3) is 0.217. The molecule has 0 spiro atoms. The van der Waals surface area contributed by atoms with Crippen molar-refractivity contribution in [2.75, 3.05) is 6.54 Å². The molecule has 6 heteroatoms. The Balaban J connectivity index is 1.35. The van der Waals surface area contributed by atoms with Crippen molar-refractivity contribution in [3.8, 4) is 0 Å². The molecule has 0 bridgehead atoms. The highest BCUT2D eigenvalue weighted by molar-refractivity contribution is 5.90. The lowest BCUT2D eigenvalue weighted by Gasteiger charge is -2.09. The molecule has 2 aromatic heterocycles. The van der Waals surface area contributed by atoms with Crippen LogP contribution in [0.4, 0.5) is 4.39 Å². The molecule has 0 saturated heterocycles. The number of benzene rings is 2. The Hall–Kier alpha value is -3.41. The summed E-state index contributed by atoms with van der Waals surface area (Å²) in [6, 6.07) is 14.8. The fourth-order valence-corrected chi connectivity index (χ4v) is 3.61. The first-order chi connectivity index (χ1) is 14.1. The van der Waals surface area contributed by atoms with Crippen LogP contribution >= 0.6 is 0 Å². The van der Waals surface area contributed by atoms with Crippen LogP contribution in [-0.4, -0.2) is 27.0 Å². The third-order valence-electron chi connectivity index (χ3n) is 5.09. The van der Waals surface area contributed by atoms with E-state index in [1.165, 1.54) is 17.7 Å². The Morgan fingerprint density at radius 1 is 1.21 bits per heavy atom. The highest BCUT2D eigenvalue weighted by atomic mass is 19.1. The molecule has 2 N–H and O–H groups in total. The normalized spacial score (nSPS) is 11.1. The number of amides is 1. The maximum absolute atomic E-state index is 13.6. The van der Waals surface area contributed by atoms with Gasteiger partial charge < -0.3 is 14.9 Å². The summed E-state index contributed by atoms with van der Waals surface area (Å²) in [7, 11) is 0. The van der Waals surface area contributed by atoms with E-state index in [-0.39, 0.29) is 18.1 Å². The minimum atomic E-state index is -0.302. The summed E-state index contributed by atoms with van der Waals surface area (Å²) in [5.74, 6) is 0.544. The van der Waals surface area contributed by atoms with Crippen LogP contribution in [-0.2, 0) is 24.2 Å². The number of carbonyl (C=O) groups is 1. The van der Waals surface area contributed by atoms with Crippen LogP contribution in [0.25, 0.3) is 10.9 Å². The summed E-state index contributed by atoms with van der Waals surface area (Å²) < 4.78 is 15.7. The van der Waals surface area contributed by atoms with Gasteiger partial charge in [0, 0.05) is 48.5 Å². The first-order valence-corrected chi connectivity index (χ1v) is 9.67. The van der Waals surface area contributed by atoms with Crippen LogP contribution in [0, 0.1) is 12.7 Å². The molecular weight excluding hydrogens is 367 g/mol. The van der Waals surface area contributed by atoms with Gasteiger partial charge in [-0.2, -0.15) is 0 Å². The van der Waals surface area contributed by atoms with E-state index < -0.39 is 0 Å². The quantitative estimate of drug-likeness (QED) is 0.505. The molecule has 5 nitrogen and oxygen atoms in total.